The Balaban J connectivity index is 2.35. The van der Waals surface area contributed by atoms with E-state index in [1.54, 1.807) is 18.4 Å². The predicted octanol–water partition coefficient (Wildman–Crippen LogP) is 1.45. The van der Waals surface area contributed by atoms with Crippen LogP contribution >= 0.6 is 27.3 Å². The van der Waals surface area contributed by atoms with Crippen molar-refractivity contribution in [3.8, 4) is 0 Å². The minimum Gasteiger partial charge on any atom is -0.480 e. The van der Waals surface area contributed by atoms with E-state index in [2.05, 4.69) is 21.2 Å². The molecular formula is C10H12BrNO3S. The predicted molar refractivity (Wildman–Crippen MR) is 65.0 cm³/mol. The van der Waals surface area contributed by atoms with Crippen LogP contribution in [0.1, 0.15) is 4.88 Å². The molecule has 0 radical (unpaired) electrons. The number of likely N-dealkylation sites (N-methyl/N-ethyl adjacent to an activating group) is 1. The summed E-state index contributed by atoms with van der Waals surface area (Å²) < 4.78 is 6.23. The molecule has 1 unspecified atom stereocenters. The molecule has 1 fully saturated rings. The SMILES string of the molecule is CNC(C(=O)O)C1(c2ccc(Br)s2)COC1. The maximum Gasteiger partial charge on any atom is 0.321 e. The number of hydrogen-bond acceptors (Lipinski definition) is 4. The van der Waals surface area contributed by atoms with Gasteiger partial charge in [-0.15, -0.1) is 11.3 Å². The molecule has 0 bridgehead atoms. The van der Waals surface area contributed by atoms with Gasteiger partial charge in [-0.3, -0.25) is 4.79 Å². The minimum atomic E-state index is -0.838. The molecule has 4 nitrogen and oxygen atoms in total. The van der Waals surface area contributed by atoms with Crippen molar-refractivity contribution in [1.82, 2.24) is 5.32 Å². The van der Waals surface area contributed by atoms with Gasteiger partial charge in [0.15, 0.2) is 0 Å². The van der Waals surface area contributed by atoms with Crippen molar-refractivity contribution < 1.29 is 14.6 Å². The van der Waals surface area contributed by atoms with Crippen LogP contribution < -0.4 is 5.32 Å². The van der Waals surface area contributed by atoms with Crippen molar-refractivity contribution in [1.29, 1.82) is 0 Å². The zero-order valence-electron chi connectivity index (χ0n) is 8.70. The topological polar surface area (TPSA) is 58.6 Å². The lowest BCUT2D eigenvalue weighted by Gasteiger charge is -2.44. The monoisotopic (exact) mass is 305 g/mol. The molecule has 0 aromatic carbocycles. The molecule has 1 atom stereocenters. The van der Waals surface area contributed by atoms with Gasteiger partial charge in [0.1, 0.15) is 6.04 Å². The Morgan fingerprint density at radius 2 is 2.38 bits per heavy atom. The van der Waals surface area contributed by atoms with Gasteiger partial charge in [-0.2, -0.15) is 0 Å². The van der Waals surface area contributed by atoms with Gasteiger partial charge >= 0.3 is 5.97 Å². The number of rotatable bonds is 4. The molecule has 0 spiro atoms. The molecule has 1 aliphatic heterocycles. The average Bonchev–Trinajstić information content (AvgIpc) is 2.57. The minimum absolute atomic E-state index is 0.419. The number of halogens is 1. The standard InChI is InChI=1S/C10H12BrNO3S/c1-12-8(9(13)14)10(4-15-5-10)6-2-3-7(11)16-6/h2-3,8,12H,4-5H2,1H3,(H,13,14). The first-order chi connectivity index (χ1) is 7.60. The lowest BCUT2D eigenvalue weighted by Crippen LogP contribution is -2.62. The smallest absolute Gasteiger partial charge is 0.321 e. The molecule has 1 aliphatic rings. The lowest BCUT2D eigenvalue weighted by molar-refractivity contribution is -0.150. The zero-order chi connectivity index (χ0) is 11.8. The second-order valence-corrected chi connectivity index (χ2v) is 6.28. The Kier molecular flexibility index (Phi) is 3.34. The van der Waals surface area contributed by atoms with E-state index >= 15 is 0 Å². The van der Waals surface area contributed by atoms with Gasteiger partial charge in [0.2, 0.25) is 0 Å². The normalized spacial score (nSPS) is 20.1. The van der Waals surface area contributed by atoms with Crippen LogP contribution in [-0.4, -0.2) is 37.4 Å². The number of carbonyl (C=O) groups is 1. The van der Waals surface area contributed by atoms with Gasteiger partial charge in [-0.05, 0) is 35.1 Å². The lowest BCUT2D eigenvalue weighted by atomic mass is 9.77. The van der Waals surface area contributed by atoms with Crippen molar-refractivity contribution in [2.24, 2.45) is 0 Å². The second kappa shape index (κ2) is 4.44. The van der Waals surface area contributed by atoms with Gasteiger partial charge in [0.25, 0.3) is 0 Å². The zero-order valence-corrected chi connectivity index (χ0v) is 11.1. The Morgan fingerprint density at radius 3 is 2.69 bits per heavy atom. The fourth-order valence-corrected chi connectivity index (χ4v) is 3.57. The molecule has 1 aromatic heterocycles. The highest BCUT2D eigenvalue weighted by molar-refractivity contribution is 9.11. The molecule has 0 aliphatic carbocycles. The third-order valence-corrected chi connectivity index (χ3v) is 4.71. The highest BCUT2D eigenvalue weighted by Crippen LogP contribution is 2.40. The van der Waals surface area contributed by atoms with Crippen LogP contribution in [0.4, 0.5) is 0 Å². The van der Waals surface area contributed by atoms with Crippen molar-refractivity contribution in [2.75, 3.05) is 20.3 Å². The number of aliphatic carboxylic acids is 1. The quantitative estimate of drug-likeness (QED) is 0.884. The number of carboxylic acid groups (broad SMARTS) is 1. The molecule has 2 heterocycles. The van der Waals surface area contributed by atoms with Crippen LogP contribution in [0.15, 0.2) is 15.9 Å². The van der Waals surface area contributed by atoms with Crippen molar-refractivity contribution in [2.45, 2.75) is 11.5 Å². The van der Waals surface area contributed by atoms with E-state index in [0.717, 1.165) is 8.66 Å². The van der Waals surface area contributed by atoms with Crippen LogP contribution in [0, 0.1) is 0 Å². The Hall–Kier alpha value is -0.430. The fraction of sp³-hybridized carbons (Fsp3) is 0.500. The number of carboxylic acids is 1. The van der Waals surface area contributed by atoms with Crippen molar-refractivity contribution in [3.05, 3.63) is 20.8 Å². The summed E-state index contributed by atoms with van der Waals surface area (Å²) in [6.45, 7) is 0.912. The van der Waals surface area contributed by atoms with E-state index in [-0.39, 0.29) is 0 Å². The van der Waals surface area contributed by atoms with Crippen LogP contribution in [0.3, 0.4) is 0 Å². The summed E-state index contributed by atoms with van der Waals surface area (Å²) in [5, 5.41) is 12.1. The summed E-state index contributed by atoms with van der Waals surface area (Å²) in [7, 11) is 1.67. The first-order valence-electron chi connectivity index (χ1n) is 4.84. The number of ether oxygens (including phenoxy) is 1. The Morgan fingerprint density at radius 1 is 1.69 bits per heavy atom. The largest absolute Gasteiger partial charge is 0.480 e. The molecule has 1 aromatic rings. The molecule has 16 heavy (non-hydrogen) atoms. The molecule has 6 heteroatoms. The van der Waals surface area contributed by atoms with Crippen LogP contribution in [0.5, 0.6) is 0 Å². The van der Waals surface area contributed by atoms with Crippen molar-refractivity contribution >= 4 is 33.2 Å². The molecule has 1 saturated heterocycles. The van der Waals surface area contributed by atoms with Gasteiger partial charge in [-0.25, -0.2) is 0 Å². The highest BCUT2D eigenvalue weighted by Gasteiger charge is 2.51. The molecular weight excluding hydrogens is 294 g/mol. The van der Waals surface area contributed by atoms with E-state index in [1.807, 2.05) is 12.1 Å². The number of thiophene rings is 1. The molecule has 0 amide bonds. The molecule has 88 valence electrons. The third kappa shape index (κ3) is 1.79. The summed E-state index contributed by atoms with van der Waals surface area (Å²) in [6.07, 6.45) is 0. The van der Waals surface area contributed by atoms with Gasteiger partial charge in [-0.1, -0.05) is 0 Å². The van der Waals surface area contributed by atoms with Gasteiger partial charge in [0.05, 0.1) is 22.4 Å². The first-order valence-corrected chi connectivity index (χ1v) is 6.45. The fourth-order valence-electron chi connectivity index (χ4n) is 1.99. The van der Waals surface area contributed by atoms with E-state index in [1.165, 1.54) is 0 Å². The van der Waals surface area contributed by atoms with Gasteiger partial charge < -0.3 is 15.2 Å². The third-order valence-electron chi connectivity index (χ3n) is 2.87. The highest BCUT2D eigenvalue weighted by atomic mass is 79.9. The van der Waals surface area contributed by atoms with E-state index < -0.39 is 17.4 Å². The van der Waals surface area contributed by atoms with Crippen LogP contribution in [-0.2, 0) is 14.9 Å². The summed E-state index contributed by atoms with van der Waals surface area (Å²) in [6, 6.07) is 3.30. The molecule has 0 saturated carbocycles. The molecule has 2 N–H and O–H groups in total. The maximum atomic E-state index is 11.2. The summed E-state index contributed by atoms with van der Waals surface area (Å²) in [4.78, 5) is 12.3. The Bertz CT molecular complexity index is 403. The van der Waals surface area contributed by atoms with E-state index in [0.29, 0.717) is 13.2 Å². The maximum absolute atomic E-state index is 11.2. The summed E-state index contributed by atoms with van der Waals surface area (Å²) >= 11 is 4.96. The summed E-state index contributed by atoms with van der Waals surface area (Å²) in [5.74, 6) is -0.838. The number of nitrogens with one attached hydrogen (secondary N) is 1. The first kappa shape index (κ1) is 12.0. The van der Waals surface area contributed by atoms with E-state index in [9.17, 15) is 9.90 Å². The van der Waals surface area contributed by atoms with E-state index in [4.69, 9.17) is 4.74 Å². The van der Waals surface area contributed by atoms with Gasteiger partial charge in [0, 0.05) is 4.88 Å². The van der Waals surface area contributed by atoms with Crippen LogP contribution in [0.25, 0.3) is 0 Å². The Labute approximate surface area is 106 Å². The average molecular weight is 306 g/mol. The summed E-state index contributed by atoms with van der Waals surface area (Å²) in [5.41, 5.74) is -0.419. The van der Waals surface area contributed by atoms with Crippen LogP contribution in [0.2, 0.25) is 0 Å². The molecule has 2 rings (SSSR count). The van der Waals surface area contributed by atoms with Crippen molar-refractivity contribution in [3.63, 3.8) is 0 Å². The second-order valence-electron chi connectivity index (χ2n) is 3.81. The number of hydrogen-bond donors (Lipinski definition) is 2.